The summed E-state index contributed by atoms with van der Waals surface area (Å²) in [6.45, 7) is 2.56. The van der Waals surface area contributed by atoms with E-state index >= 15 is 0 Å². The van der Waals surface area contributed by atoms with Crippen LogP contribution in [0.5, 0.6) is 0 Å². The fraction of sp³-hybridized carbons (Fsp3) is 0.231. The lowest BCUT2D eigenvalue weighted by molar-refractivity contribution is 0.583. The smallest absolute Gasteiger partial charge is 0.240 e. The third-order valence-electron chi connectivity index (χ3n) is 2.57. The zero-order chi connectivity index (χ0) is 14.4. The number of rotatable bonds is 6. The summed E-state index contributed by atoms with van der Waals surface area (Å²) in [5.41, 5.74) is 0.834. The molecule has 106 valence electrons. The first-order valence-corrected chi connectivity index (χ1v) is 7.65. The predicted octanol–water partition coefficient (Wildman–Crippen LogP) is 1.18. The van der Waals surface area contributed by atoms with E-state index in [4.69, 9.17) is 0 Å². The van der Waals surface area contributed by atoms with Gasteiger partial charge in [0.2, 0.25) is 10.0 Å². The van der Waals surface area contributed by atoms with Gasteiger partial charge < -0.3 is 5.32 Å². The Morgan fingerprint density at radius 2 is 1.75 bits per heavy atom. The fourth-order valence-corrected chi connectivity index (χ4v) is 2.61. The Kier molecular flexibility index (Phi) is 4.65. The van der Waals surface area contributed by atoms with Crippen molar-refractivity contribution in [2.24, 2.45) is 0 Å². The molecule has 6 nitrogen and oxygen atoms in total. The van der Waals surface area contributed by atoms with Crippen molar-refractivity contribution in [3.8, 4) is 0 Å². The molecule has 20 heavy (non-hydrogen) atoms. The lowest BCUT2D eigenvalue weighted by Crippen LogP contribution is -2.29. The Balaban J connectivity index is 1.83. The summed E-state index contributed by atoms with van der Waals surface area (Å²) in [5.74, 6) is 0.620. The van der Waals surface area contributed by atoms with Crippen molar-refractivity contribution < 1.29 is 8.42 Å². The van der Waals surface area contributed by atoms with Crippen LogP contribution < -0.4 is 10.0 Å². The minimum Gasteiger partial charge on any atom is -0.367 e. The number of aryl methyl sites for hydroxylation is 1. The van der Waals surface area contributed by atoms with Gasteiger partial charge in [-0.3, -0.25) is 0 Å². The van der Waals surface area contributed by atoms with Crippen LogP contribution in [-0.2, 0) is 10.0 Å². The molecule has 2 rings (SSSR count). The molecule has 7 heteroatoms. The minimum atomic E-state index is -3.45. The third kappa shape index (κ3) is 4.01. The van der Waals surface area contributed by atoms with Crippen LogP contribution in [0.1, 0.15) is 5.69 Å². The van der Waals surface area contributed by atoms with Crippen molar-refractivity contribution in [1.29, 1.82) is 0 Å². The topological polar surface area (TPSA) is 84.0 Å². The van der Waals surface area contributed by atoms with Crippen LogP contribution in [-0.4, -0.2) is 31.7 Å². The van der Waals surface area contributed by atoms with Gasteiger partial charge in [0, 0.05) is 13.1 Å². The van der Waals surface area contributed by atoms with Crippen LogP contribution >= 0.6 is 0 Å². The lowest BCUT2D eigenvalue weighted by atomic mass is 10.4. The van der Waals surface area contributed by atoms with Crippen LogP contribution in [0.4, 0.5) is 5.82 Å². The van der Waals surface area contributed by atoms with E-state index in [1.807, 2.05) is 13.0 Å². The van der Waals surface area contributed by atoms with E-state index in [2.05, 4.69) is 20.2 Å². The zero-order valence-electron chi connectivity index (χ0n) is 11.1. The van der Waals surface area contributed by atoms with E-state index in [9.17, 15) is 8.42 Å². The first kappa shape index (κ1) is 14.4. The van der Waals surface area contributed by atoms with Gasteiger partial charge in [-0.25, -0.2) is 13.1 Å². The van der Waals surface area contributed by atoms with Gasteiger partial charge in [-0.15, -0.1) is 5.10 Å². The summed E-state index contributed by atoms with van der Waals surface area (Å²) in [7, 11) is -3.45. The molecule has 0 amide bonds. The van der Waals surface area contributed by atoms with E-state index in [0.29, 0.717) is 12.4 Å². The standard InChI is InChI=1S/C13H16N4O2S/c1-11-7-8-13(17-16-11)14-9-10-15-20(18,19)12-5-3-2-4-6-12/h2-8,15H,9-10H2,1H3,(H,14,17). The SMILES string of the molecule is Cc1ccc(NCCNS(=O)(=O)c2ccccc2)nn1. The zero-order valence-corrected chi connectivity index (χ0v) is 11.9. The van der Waals surface area contributed by atoms with Gasteiger partial charge in [0.25, 0.3) is 0 Å². The van der Waals surface area contributed by atoms with E-state index in [-0.39, 0.29) is 11.4 Å². The number of nitrogens with one attached hydrogen (secondary N) is 2. The number of sulfonamides is 1. The molecule has 2 N–H and O–H groups in total. The molecule has 0 aliphatic rings. The number of benzene rings is 1. The van der Waals surface area contributed by atoms with Gasteiger partial charge in [-0.2, -0.15) is 5.10 Å². The molecule has 0 saturated carbocycles. The molecule has 1 heterocycles. The first-order valence-electron chi connectivity index (χ1n) is 6.17. The molecule has 0 unspecified atom stereocenters. The van der Waals surface area contributed by atoms with Crippen molar-refractivity contribution in [2.75, 3.05) is 18.4 Å². The first-order chi connectivity index (χ1) is 9.58. The van der Waals surface area contributed by atoms with E-state index in [1.54, 1.807) is 36.4 Å². The van der Waals surface area contributed by atoms with Gasteiger partial charge in [-0.1, -0.05) is 18.2 Å². The highest BCUT2D eigenvalue weighted by molar-refractivity contribution is 7.89. The van der Waals surface area contributed by atoms with Gasteiger partial charge in [0.15, 0.2) is 0 Å². The van der Waals surface area contributed by atoms with E-state index < -0.39 is 10.0 Å². The molecule has 1 aromatic heterocycles. The molecule has 0 fully saturated rings. The van der Waals surface area contributed by atoms with Crippen molar-refractivity contribution in [2.45, 2.75) is 11.8 Å². The highest BCUT2D eigenvalue weighted by atomic mass is 32.2. The van der Waals surface area contributed by atoms with Crippen LogP contribution in [0.25, 0.3) is 0 Å². The Morgan fingerprint density at radius 3 is 2.40 bits per heavy atom. The van der Waals surface area contributed by atoms with Crippen LogP contribution in [0.3, 0.4) is 0 Å². The highest BCUT2D eigenvalue weighted by Gasteiger charge is 2.11. The Bertz CT molecular complexity index is 642. The van der Waals surface area contributed by atoms with Gasteiger partial charge in [-0.05, 0) is 31.2 Å². The maximum atomic E-state index is 11.9. The minimum absolute atomic E-state index is 0.259. The number of aromatic nitrogens is 2. The van der Waals surface area contributed by atoms with Crippen LogP contribution in [0.15, 0.2) is 47.4 Å². The maximum absolute atomic E-state index is 11.9. The number of anilines is 1. The summed E-state index contributed by atoms with van der Waals surface area (Å²) < 4.78 is 26.4. The second-order valence-corrected chi connectivity index (χ2v) is 5.96. The molecular formula is C13H16N4O2S. The molecule has 0 atom stereocenters. The monoisotopic (exact) mass is 292 g/mol. The van der Waals surface area contributed by atoms with E-state index in [0.717, 1.165) is 5.69 Å². The third-order valence-corrected chi connectivity index (χ3v) is 4.05. The highest BCUT2D eigenvalue weighted by Crippen LogP contribution is 2.06. The maximum Gasteiger partial charge on any atom is 0.240 e. The van der Waals surface area contributed by atoms with Gasteiger partial charge in [0.1, 0.15) is 5.82 Å². The normalized spacial score (nSPS) is 11.2. The summed E-state index contributed by atoms with van der Waals surface area (Å²) in [4.78, 5) is 0.259. The number of nitrogens with zero attached hydrogens (tertiary/aromatic N) is 2. The molecular weight excluding hydrogens is 276 g/mol. The second kappa shape index (κ2) is 6.44. The molecule has 0 spiro atoms. The summed E-state index contributed by atoms with van der Waals surface area (Å²) in [5, 5.41) is 10.8. The van der Waals surface area contributed by atoms with Crippen LogP contribution in [0, 0.1) is 6.92 Å². The summed E-state index contributed by atoms with van der Waals surface area (Å²) in [6, 6.07) is 11.9. The average Bonchev–Trinajstić information content (AvgIpc) is 2.46. The molecule has 2 aromatic rings. The summed E-state index contributed by atoms with van der Waals surface area (Å²) in [6.07, 6.45) is 0. The van der Waals surface area contributed by atoms with E-state index in [1.165, 1.54) is 0 Å². The van der Waals surface area contributed by atoms with Crippen LogP contribution in [0.2, 0.25) is 0 Å². The molecule has 0 radical (unpaired) electrons. The fourth-order valence-electron chi connectivity index (χ4n) is 1.55. The Morgan fingerprint density at radius 1 is 1.00 bits per heavy atom. The average molecular weight is 292 g/mol. The Labute approximate surface area is 118 Å². The van der Waals surface area contributed by atoms with Crippen molar-refractivity contribution in [3.05, 3.63) is 48.2 Å². The Hall–Kier alpha value is -1.99. The molecule has 0 aliphatic heterocycles. The summed E-state index contributed by atoms with van der Waals surface area (Å²) >= 11 is 0. The predicted molar refractivity (Wildman–Crippen MR) is 76.9 cm³/mol. The van der Waals surface area contributed by atoms with Gasteiger partial charge in [0.05, 0.1) is 10.6 Å². The van der Waals surface area contributed by atoms with Gasteiger partial charge >= 0.3 is 0 Å². The molecule has 0 bridgehead atoms. The largest absolute Gasteiger partial charge is 0.367 e. The van der Waals surface area contributed by atoms with Crippen molar-refractivity contribution in [3.63, 3.8) is 0 Å². The molecule has 0 saturated heterocycles. The lowest BCUT2D eigenvalue weighted by Gasteiger charge is -2.08. The second-order valence-electron chi connectivity index (χ2n) is 4.20. The molecule has 1 aromatic carbocycles. The number of hydrogen-bond acceptors (Lipinski definition) is 5. The number of hydrogen-bond donors (Lipinski definition) is 2. The van der Waals surface area contributed by atoms with Crippen molar-refractivity contribution >= 4 is 15.8 Å². The van der Waals surface area contributed by atoms with Crippen molar-refractivity contribution in [1.82, 2.24) is 14.9 Å². The molecule has 0 aliphatic carbocycles. The quantitative estimate of drug-likeness (QED) is 0.781.